The summed E-state index contributed by atoms with van der Waals surface area (Å²) in [7, 11) is 0. The summed E-state index contributed by atoms with van der Waals surface area (Å²) in [5.74, 6) is 0. The second kappa shape index (κ2) is 6.13. The van der Waals surface area contributed by atoms with E-state index in [9.17, 15) is 10.1 Å². The number of nitrogens with zero attached hydrogens (tertiary/aromatic N) is 2. The van der Waals surface area contributed by atoms with E-state index in [1.54, 1.807) is 0 Å². The molecular formula is C12H13N3O4. The summed E-state index contributed by atoms with van der Waals surface area (Å²) >= 11 is 0. The van der Waals surface area contributed by atoms with E-state index < -0.39 is 4.92 Å². The van der Waals surface area contributed by atoms with E-state index in [0.717, 1.165) is 0 Å². The first-order valence-electron chi connectivity index (χ1n) is 5.82. The first kappa shape index (κ1) is 13.3. The van der Waals surface area contributed by atoms with Crippen LogP contribution in [0.4, 0.5) is 11.4 Å². The Kier molecular flexibility index (Phi) is 4.28. The Labute approximate surface area is 109 Å². The lowest BCUT2D eigenvalue weighted by Gasteiger charge is -2.23. The molecule has 0 radical (unpaired) electrons. The van der Waals surface area contributed by atoms with E-state index in [0.29, 0.717) is 37.6 Å². The molecule has 1 aromatic carbocycles. The van der Waals surface area contributed by atoms with E-state index in [4.69, 9.17) is 14.7 Å². The van der Waals surface area contributed by atoms with Crippen LogP contribution in [0.1, 0.15) is 5.56 Å². The van der Waals surface area contributed by atoms with Crippen LogP contribution in [0.2, 0.25) is 0 Å². The number of nitro benzene ring substituents is 1. The molecule has 0 saturated carbocycles. The molecule has 2 rings (SSSR count). The lowest BCUT2D eigenvalue weighted by Crippen LogP contribution is -2.34. The molecule has 0 spiro atoms. The van der Waals surface area contributed by atoms with Gasteiger partial charge in [-0.2, -0.15) is 5.26 Å². The molecule has 1 fully saturated rings. The molecule has 0 bridgehead atoms. The Morgan fingerprint density at radius 2 is 2.37 bits per heavy atom. The SMILES string of the molecule is N#Cc1ccc([N+](=O)[O-])c(NCC2COCCO2)c1. The quantitative estimate of drug-likeness (QED) is 0.649. The Morgan fingerprint density at radius 3 is 3.00 bits per heavy atom. The standard InChI is InChI=1S/C12H13N3O4/c13-6-9-1-2-12(15(16)17)11(5-9)14-7-10-8-18-3-4-19-10/h1-2,5,10,14H,3-4,7-8H2. The Bertz CT molecular complexity index is 506. The molecule has 0 aliphatic carbocycles. The summed E-state index contributed by atoms with van der Waals surface area (Å²) in [5, 5.41) is 22.7. The Balaban J connectivity index is 2.08. The van der Waals surface area contributed by atoms with Gasteiger partial charge in [0.1, 0.15) is 5.69 Å². The second-order valence-corrected chi connectivity index (χ2v) is 4.05. The lowest BCUT2D eigenvalue weighted by atomic mass is 10.2. The molecule has 100 valence electrons. The summed E-state index contributed by atoms with van der Waals surface area (Å²) in [6, 6.07) is 6.15. The van der Waals surface area contributed by atoms with Crippen LogP contribution in [0.15, 0.2) is 18.2 Å². The fourth-order valence-electron chi connectivity index (χ4n) is 1.78. The van der Waals surface area contributed by atoms with Crippen molar-refractivity contribution in [2.75, 3.05) is 31.7 Å². The number of nitro groups is 1. The van der Waals surface area contributed by atoms with Crippen molar-refractivity contribution in [3.63, 3.8) is 0 Å². The third-order valence-electron chi connectivity index (χ3n) is 2.73. The van der Waals surface area contributed by atoms with Crippen LogP contribution in [-0.4, -0.2) is 37.4 Å². The molecule has 1 atom stereocenters. The van der Waals surface area contributed by atoms with Gasteiger partial charge >= 0.3 is 0 Å². The monoisotopic (exact) mass is 263 g/mol. The fraction of sp³-hybridized carbons (Fsp3) is 0.417. The number of nitriles is 1. The van der Waals surface area contributed by atoms with Crippen molar-refractivity contribution in [3.8, 4) is 6.07 Å². The molecule has 0 aromatic heterocycles. The van der Waals surface area contributed by atoms with E-state index in [1.807, 2.05) is 6.07 Å². The molecule has 1 aliphatic heterocycles. The van der Waals surface area contributed by atoms with Crippen molar-refractivity contribution >= 4 is 11.4 Å². The van der Waals surface area contributed by atoms with E-state index in [-0.39, 0.29) is 11.8 Å². The molecular weight excluding hydrogens is 250 g/mol. The van der Waals surface area contributed by atoms with Gasteiger partial charge in [0.2, 0.25) is 0 Å². The number of rotatable bonds is 4. The fourth-order valence-corrected chi connectivity index (χ4v) is 1.78. The van der Waals surface area contributed by atoms with Gasteiger partial charge in [-0.05, 0) is 12.1 Å². The number of nitrogens with one attached hydrogen (secondary N) is 1. The molecule has 0 amide bonds. The van der Waals surface area contributed by atoms with Gasteiger partial charge in [-0.3, -0.25) is 10.1 Å². The molecule has 1 aliphatic rings. The summed E-state index contributed by atoms with van der Waals surface area (Å²) in [6.45, 7) is 1.95. The highest BCUT2D eigenvalue weighted by atomic mass is 16.6. The van der Waals surface area contributed by atoms with Crippen LogP contribution in [0, 0.1) is 21.4 Å². The average molecular weight is 263 g/mol. The van der Waals surface area contributed by atoms with Crippen LogP contribution >= 0.6 is 0 Å². The van der Waals surface area contributed by atoms with Crippen molar-refractivity contribution in [2.24, 2.45) is 0 Å². The number of hydrogen-bond donors (Lipinski definition) is 1. The van der Waals surface area contributed by atoms with E-state index >= 15 is 0 Å². The maximum absolute atomic E-state index is 10.9. The van der Waals surface area contributed by atoms with Gasteiger partial charge in [-0.1, -0.05) is 0 Å². The number of anilines is 1. The number of benzene rings is 1. The Hall–Kier alpha value is -2.17. The summed E-state index contributed by atoms with van der Waals surface area (Å²) in [4.78, 5) is 10.4. The van der Waals surface area contributed by atoms with Crippen LogP contribution < -0.4 is 5.32 Å². The predicted octanol–water partition coefficient (Wildman–Crippen LogP) is 1.29. The largest absolute Gasteiger partial charge is 0.377 e. The summed E-state index contributed by atoms with van der Waals surface area (Å²) in [5.41, 5.74) is 0.628. The molecule has 1 aromatic rings. The van der Waals surface area contributed by atoms with Gasteiger partial charge < -0.3 is 14.8 Å². The van der Waals surface area contributed by atoms with Crippen molar-refractivity contribution in [1.29, 1.82) is 5.26 Å². The van der Waals surface area contributed by atoms with Crippen molar-refractivity contribution < 1.29 is 14.4 Å². The third-order valence-corrected chi connectivity index (χ3v) is 2.73. The lowest BCUT2D eigenvalue weighted by molar-refractivity contribution is -0.384. The highest BCUT2D eigenvalue weighted by Crippen LogP contribution is 2.25. The summed E-state index contributed by atoms with van der Waals surface area (Å²) < 4.78 is 10.7. The number of ether oxygens (including phenoxy) is 2. The maximum atomic E-state index is 10.9. The smallest absolute Gasteiger partial charge is 0.292 e. The average Bonchev–Trinajstić information content (AvgIpc) is 2.45. The normalized spacial score (nSPS) is 18.6. The van der Waals surface area contributed by atoms with Crippen molar-refractivity contribution in [1.82, 2.24) is 0 Å². The summed E-state index contributed by atoms with van der Waals surface area (Å²) in [6.07, 6.45) is -0.140. The zero-order valence-corrected chi connectivity index (χ0v) is 10.2. The van der Waals surface area contributed by atoms with E-state index in [2.05, 4.69) is 5.32 Å². The van der Waals surface area contributed by atoms with Gasteiger partial charge in [0.05, 0.1) is 42.5 Å². The third kappa shape index (κ3) is 3.40. The van der Waals surface area contributed by atoms with Gasteiger partial charge in [0, 0.05) is 12.6 Å². The first-order chi connectivity index (χ1) is 9.20. The molecule has 7 nitrogen and oxygen atoms in total. The predicted molar refractivity (Wildman–Crippen MR) is 66.9 cm³/mol. The Morgan fingerprint density at radius 1 is 1.53 bits per heavy atom. The van der Waals surface area contributed by atoms with Gasteiger partial charge in [0.15, 0.2) is 0 Å². The molecule has 1 heterocycles. The minimum atomic E-state index is -0.484. The van der Waals surface area contributed by atoms with Gasteiger partial charge in [0.25, 0.3) is 5.69 Å². The van der Waals surface area contributed by atoms with Gasteiger partial charge in [-0.15, -0.1) is 0 Å². The van der Waals surface area contributed by atoms with E-state index in [1.165, 1.54) is 18.2 Å². The highest BCUT2D eigenvalue weighted by molar-refractivity contribution is 5.64. The van der Waals surface area contributed by atoms with Crippen LogP contribution in [0.3, 0.4) is 0 Å². The number of hydrogen-bond acceptors (Lipinski definition) is 6. The molecule has 7 heteroatoms. The highest BCUT2D eigenvalue weighted by Gasteiger charge is 2.18. The first-order valence-corrected chi connectivity index (χ1v) is 5.82. The minimum Gasteiger partial charge on any atom is -0.377 e. The topological polar surface area (TPSA) is 97.4 Å². The van der Waals surface area contributed by atoms with Crippen molar-refractivity contribution in [2.45, 2.75) is 6.10 Å². The molecule has 19 heavy (non-hydrogen) atoms. The van der Waals surface area contributed by atoms with Gasteiger partial charge in [-0.25, -0.2) is 0 Å². The molecule has 1 N–H and O–H groups in total. The van der Waals surface area contributed by atoms with Crippen LogP contribution in [0.5, 0.6) is 0 Å². The van der Waals surface area contributed by atoms with Crippen LogP contribution in [-0.2, 0) is 9.47 Å². The molecule has 1 saturated heterocycles. The second-order valence-electron chi connectivity index (χ2n) is 4.05. The zero-order valence-electron chi connectivity index (χ0n) is 10.2. The minimum absolute atomic E-state index is 0.0595. The van der Waals surface area contributed by atoms with Crippen molar-refractivity contribution in [3.05, 3.63) is 33.9 Å². The zero-order chi connectivity index (χ0) is 13.7. The van der Waals surface area contributed by atoms with Crippen LogP contribution in [0.25, 0.3) is 0 Å². The maximum Gasteiger partial charge on any atom is 0.292 e. The molecule has 1 unspecified atom stereocenters.